The van der Waals surface area contributed by atoms with Crippen molar-refractivity contribution in [2.24, 2.45) is 0 Å². The van der Waals surface area contributed by atoms with Crippen LogP contribution in [0.4, 0.5) is 8.78 Å². The molecule has 5 nitrogen and oxygen atoms in total. The number of ether oxygens (including phenoxy) is 2. The Hall–Kier alpha value is -1.09. The zero-order valence-corrected chi connectivity index (χ0v) is 15.1. The molecule has 142 valence electrons. The summed E-state index contributed by atoms with van der Waals surface area (Å²) in [4.78, 5) is 0.0163. The van der Waals surface area contributed by atoms with Crippen LogP contribution >= 0.6 is 0 Å². The highest BCUT2D eigenvalue weighted by atomic mass is 32.2. The summed E-state index contributed by atoms with van der Waals surface area (Å²) in [5.41, 5.74) is 0.917. The Labute approximate surface area is 147 Å². The molecule has 1 saturated heterocycles. The monoisotopic (exact) mass is 378 g/mol. The fourth-order valence-electron chi connectivity index (χ4n) is 2.40. The lowest BCUT2D eigenvalue weighted by Crippen LogP contribution is -2.31. The average Bonchev–Trinajstić information content (AvgIpc) is 2.58. The van der Waals surface area contributed by atoms with Crippen molar-refractivity contribution in [1.82, 2.24) is 0 Å². The van der Waals surface area contributed by atoms with E-state index < -0.39 is 35.4 Å². The van der Waals surface area contributed by atoms with Crippen molar-refractivity contribution in [1.29, 1.82) is 0 Å². The van der Waals surface area contributed by atoms with E-state index >= 15 is 0 Å². The van der Waals surface area contributed by atoms with Gasteiger partial charge in [-0.25, -0.2) is 8.78 Å². The van der Waals surface area contributed by atoms with Crippen LogP contribution in [0.5, 0.6) is 0 Å². The molecule has 0 bridgehead atoms. The van der Waals surface area contributed by atoms with Gasteiger partial charge in [-0.05, 0) is 44.7 Å². The van der Waals surface area contributed by atoms with E-state index in [4.69, 9.17) is 13.7 Å². The van der Waals surface area contributed by atoms with Gasteiger partial charge in [0.05, 0.1) is 11.5 Å². The molecule has 0 saturated carbocycles. The molecule has 0 radical (unpaired) electrons. The highest BCUT2D eigenvalue weighted by Gasteiger charge is 2.31. The van der Waals surface area contributed by atoms with Crippen molar-refractivity contribution in [2.75, 3.05) is 19.8 Å². The minimum Gasteiger partial charge on any atom is -0.353 e. The smallest absolute Gasteiger partial charge is 0.296 e. The molecule has 2 rings (SSSR count). The minimum atomic E-state index is -3.92. The second-order valence-corrected chi connectivity index (χ2v) is 7.77. The summed E-state index contributed by atoms with van der Waals surface area (Å²) >= 11 is 0. The second kappa shape index (κ2) is 9.02. The lowest BCUT2D eigenvalue weighted by molar-refractivity contribution is -0.201. The Bertz CT molecular complexity index is 625. The molecule has 0 N–H and O–H groups in total. The van der Waals surface area contributed by atoms with Gasteiger partial charge in [0.2, 0.25) is 0 Å². The highest BCUT2D eigenvalue weighted by molar-refractivity contribution is 7.86. The van der Waals surface area contributed by atoms with Gasteiger partial charge in [-0.3, -0.25) is 4.18 Å². The van der Waals surface area contributed by atoms with Crippen molar-refractivity contribution in [3.8, 4) is 0 Å². The molecule has 1 unspecified atom stereocenters. The standard InChI is InChI=1S/C17H24F2O5S/c1-14-6-8-15(9-7-14)25(20,21)24-12-4-10-17(18,19)13-23-16-5-2-3-11-22-16/h6-9,16H,2-5,10-13H2,1H3. The van der Waals surface area contributed by atoms with Gasteiger partial charge in [0.15, 0.2) is 6.29 Å². The van der Waals surface area contributed by atoms with Crippen molar-refractivity contribution in [2.45, 2.75) is 56.1 Å². The Morgan fingerprint density at radius 1 is 1.24 bits per heavy atom. The molecule has 1 aliphatic heterocycles. The van der Waals surface area contributed by atoms with Crippen LogP contribution in [-0.4, -0.2) is 40.5 Å². The van der Waals surface area contributed by atoms with Crippen molar-refractivity contribution in [3.63, 3.8) is 0 Å². The van der Waals surface area contributed by atoms with E-state index in [1.165, 1.54) is 12.1 Å². The quantitative estimate of drug-likeness (QED) is 0.485. The van der Waals surface area contributed by atoms with Gasteiger partial charge in [0, 0.05) is 13.0 Å². The first kappa shape index (κ1) is 20.2. The number of alkyl halides is 2. The molecule has 1 atom stereocenters. The van der Waals surface area contributed by atoms with Crippen LogP contribution in [0.25, 0.3) is 0 Å². The molecular weight excluding hydrogens is 354 g/mol. The zero-order chi connectivity index (χ0) is 18.3. The van der Waals surface area contributed by atoms with Gasteiger partial charge in [0.25, 0.3) is 16.0 Å². The van der Waals surface area contributed by atoms with E-state index in [2.05, 4.69) is 0 Å². The lowest BCUT2D eigenvalue weighted by Gasteiger charge is -2.25. The normalized spacial score (nSPS) is 19.1. The third-order valence-corrected chi connectivity index (χ3v) is 5.18. The summed E-state index contributed by atoms with van der Waals surface area (Å²) in [5.74, 6) is -3.04. The van der Waals surface area contributed by atoms with Gasteiger partial charge in [-0.15, -0.1) is 0 Å². The molecule has 1 aromatic rings. The van der Waals surface area contributed by atoms with E-state index in [1.807, 2.05) is 6.92 Å². The molecule has 0 aliphatic carbocycles. The number of aryl methyl sites for hydroxylation is 1. The van der Waals surface area contributed by atoms with Crippen molar-refractivity contribution >= 4 is 10.1 Å². The Morgan fingerprint density at radius 3 is 2.60 bits per heavy atom. The number of halogens is 2. The Morgan fingerprint density at radius 2 is 1.96 bits per heavy atom. The first-order chi connectivity index (χ1) is 11.8. The summed E-state index contributed by atoms with van der Waals surface area (Å²) in [7, 11) is -3.92. The maximum atomic E-state index is 13.8. The fraction of sp³-hybridized carbons (Fsp3) is 0.647. The highest BCUT2D eigenvalue weighted by Crippen LogP contribution is 2.24. The summed E-state index contributed by atoms with van der Waals surface area (Å²) in [6, 6.07) is 6.15. The number of benzene rings is 1. The SMILES string of the molecule is Cc1ccc(S(=O)(=O)OCCCC(F)(F)COC2CCCCO2)cc1. The molecular formula is C17H24F2O5S. The molecule has 0 amide bonds. The number of rotatable bonds is 9. The molecule has 8 heteroatoms. The largest absolute Gasteiger partial charge is 0.353 e. The van der Waals surface area contributed by atoms with Gasteiger partial charge in [-0.2, -0.15) is 8.42 Å². The van der Waals surface area contributed by atoms with Crippen LogP contribution in [0.1, 0.15) is 37.7 Å². The van der Waals surface area contributed by atoms with Crippen LogP contribution in [0.15, 0.2) is 29.2 Å². The zero-order valence-electron chi connectivity index (χ0n) is 14.2. The maximum Gasteiger partial charge on any atom is 0.296 e. The van der Waals surface area contributed by atoms with Crippen molar-refractivity contribution in [3.05, 3.63) is 29.8 Å². The van der Waals surface area contributed by atoms with E-state index in [-0.39, 0.29) is 17.9 Å². The third kappa shape index (κ3) is 6.97. The van der Waals surface area contributed by atoms with Crippen LogP contribution in [0.3, 0.4) is 0 Å². The third-order valence-electron chi connectivity index (χ3n) is 3.85. The molecule has 0 aromatic heterocycles. The van der Waals surface area contributed by atoms with Gasteiger partial charge in [0.1, 0.15) is 6.61 Å². The summed E-state index contributed by atoms with van der Waals surface area (Å²) in [5, 5.41) is 0. The van der Waals surface area contributed by atoms with Crippen molar-refractivity contribution < 1.29 is 30.9 Å². The predicted molar refractivity (Wildman–Crippen MR) is 88.0 cm³/mol. The predicted octanol–water partition coefficient (Wildman–Crippen LogP) is 3.66. The average molecular weight is 378 g/mol. The topological polar surface area (TPSA) is 61.8 Å². The van der Waals surface area contributed by atoms with Gasteiger partial charge < -0.3 is 9.47 Å². The molecule has 1 heterocycles. The van der Waals surface area contributed by atoms with E-state index in [9.17, 15) is 17.2 Å². The maximum absolute atomic E-state index is 13.8. The molecule has 25 heavy (non-hydrogen) atoms. The van der Waals surface area contributed by atoms with E-state index in [1.54, 1.807) is 12.1 Å². The summed E-state index contributed by atoms with van der Waals surface area (Å²) in [6.45, 7) is 1.33. The van der Waals surface area contributed by atoms with Crippen LogP contribution in [-0.2, 0) is 23.8 Å². The van der Waals surface area contributed by atoms with Crippen LogP contribution < -0.4 is 0 Å². The number of hydrogen-bond donors (Lipinski definition) is 0. The van der Waals surface area contributed by atoms with Crippen LogP contribution in [0, 0.1) is 6.92 Å². The summed E-state index contributed by atoms with van der Waals surface area (Å²) in [6.07, 6.45) is 1.27. The molecule has 1 aliphatic rings. The molecule has 1 aromatic carbocycles. The Balaban J connectivity index is 1.70. The Kier molecular flexibility index (Phi) is 7.30. The lowest BCUT2D eigenvalue weighted by atomic mass is 10.2. The summed E-state index contributed by atoms with van der Waals surface area (Å²) < 4.78 is 66.6. The van der Waals surface area contributed by atoms with E-state index in [0.29, 0.717) is 13.0 Å². The minimum absolute atomic E-state index is 0.0163. The van der Waals surface area contributed by atoms with Gasteiger partial charge in [-0.1, -0.05) is 17.7 Å². The van der Waals surface area contributed by atoms with Gasteiger partial charge >= 0.3 is 0 Å². The number of hydrogen-bond acceptors (Lipinski definition) is 5. The van der Waals surface area contributed by atoms with E-state index in [0.717, 1.165) is 18.4 Å². The second-order valence-electron chi connectivity index (χ2n) is 6.16. The molecule has 0 spiro atoms. The fourth-order valence-corrected chi connectivity index (χ4v) is 3.34. The first-order valence-corrected chi connectivity index (χ1v) is 9.76. The van der Waals surface area contributed by atoms with Crippen LogP contribution in [0.2, 0.25) is 0 Å². The first-order valence-electron chi connectivity index (χ1n) is 8.36. The molecule has 1 fully saturated rings.